The number of halogens is 2. The molecule has 0 saturated heterocycles. The molecule has 272 valence electrons. The quantitative estimate of drug-likeness (QED) is 0.117. The topological polar surface area (TPSA) is 145 Å². The predicted molar refractivity (Wildman–Crippen MR) is 189 cm³/mol. The monoisotopic (exact) mass is 713 g/mol. The van der Waals surface area contributed by atoms with Crippen molar-refractivity contribution in [3.8, 4) is 5.75 Å². The van der Waals surface area contributed by atoms with Gasteiger partial charge in [0.2, 0.25) is 5.91 Å². The van der Waals surface area contributed by atoms with Crippen LogP contribution in [-0.4, -0.2) is 66.2 Å². The van der Waals surface area contributed by atoms with Crippen molar-refractivity contribution in [3.05, 3.63) is 101 Å². The molecule has 1 aliphatic carbocycles. The molecule has 1 unspecified atom stereocenters. The third kappa shape index (κ3) is 10.6. The maximum Gasteiger partial charge on any atom is 0.252 e. The Morgan fingerprint density at radius 3 is 2.14 bits per heavy atom. The molecule has 12 heteroatoms. The third-order valence-electron chi connectivity index (χ3n) is 9.32. The summed E-state index contributed by atoms with van der Waals surface area (Å²) < 4.78 is 55.8. The van der Waals surface area contributed by atoms with Crippen molar-refractivity contribution in [1.82, 2.24) is 16.0 Å². The van der Waals surface area contributed by atoms with Gasteiger partial charge in [-0.3, -0.25) is 9.59 Å². The fourth-order valence-corrected chi connectivity index (χ4v) is 8.52. The van der Waals surface area contributed by atoms with Gasteiger partial charge in [0.15, 0.2) is 9.84 Å². The summed E-state index contributed by atoms with van der Waals surface area (Å²) in [4.78, 5) is 27.3. The molecule has 3 atom stereocenters. The number of aryl methyl sites for hydroxylation is 1. The zero-order chi connectivity index (χ0) is 36.5. The van der Waals surface area contributed by atoms with Crippen LogP contribution < -0.4 is 16.0 Å². The number of hydrogen-bond donors (Lipinski definition) is 5. The normalized spacial score (nSPS) is 15.7. The van der Waals surface area contributed by atoms with Gasteiger partial charge in [-0.05, 0) is 85.5 Å². The van der Waals surface area contributed by atoms with Crippen molar-refractivity contribution < 1.29 is 37.0 Å². The number of aliphatic hydroxyl groups excluding tert-OH is 1. The largest absolute Gasteiger partial charge is 0.508 e. The molecule has 2 amide bonds. The van der Waals surface area contributed by atoms with Crippen LogP contribution in [0.4, 0.5) is 8.78 Å². The molecule has 1 fully saturated rings. The molecule has 1 aliphatic rings. The van der Waals surface area contributed by atoms with Crippen molar-refractivity contribution in [2.45, 2.75) is 101 Å². The number of aliphatic hydroxyl groups is 1. The van der Waals surface area contributed by atoms with E-state index in [1.807, 2.05) is 32.0 Å². The number of phenols is 1. The second-order valence-electron chi connectivity index (χ2n) is 13.3. The van der Waals surface area contributed by atoms with Gasteiger partial charge in [0.1, 0.15) is 23.4 Å². The SMILES string of the molecule is CCCC(CCC)S(=O)(=O)CC(NC(=O)c1cccc(O)c1)C(=O)N[C@@H](Cc1cc(F)cc(F)c1)[C@H](O)CNC1(c2cccc(CC)c2)CC1. The van der Waals surface area contributed by atoms with E-state index >= 15 is 0 Å². The van der Waals surface area contributed by atoms with Crippen molar-refractivity contribution in [2.24, 2.45) is 0 Å². The molecule has 0 heterocycles. The first-order chi connectivity index (χ1) is 23.8. The van der Waals surface area contributed by atoms with E-state index in [-0.39, 0.29) is 35.4 Å². The Balaban J connectivity index is 1.62. The molecule has 0 aromatic heterocycles. The minimum atomic E-state index is -3.91. The smallest absolute Gasteiger partial charge is 0.252 e. The standard InChI is InChI=1S/C38H49F2N3O6S/c1-4-9-32(10-5-2)50(48,49)24-34(43-36(46)27-12-8-14-31(44)21-27)37(47)42-33(20-26-18-29(39)22-30(40)19-26)35(45)23-41-38(15-16-38)28-13-7-11-25(6-3)17-28/h7-8,11-14,17-19,21-22,32-35,41,44-45H,4-6,9-10,15-16,20,23-24H2,1-3H3,(H,42,47)(H,43,46)/t33-,34?,35+/m0/s1. The molecule has 5 N–H and O–H groups in total. The van der Waals surface area contributed by atoms with Gasteiger partial charge in [0, 0.05) is 23.7 Å². The van der Waals surface area contributed by atoms with E-state index in [0.29, 0.717) is 25.7 Å². The van der Waals surface area contributed by atoms with Crippen LogP contribution in [0.25, 0.3) is 0 Å². The number of carbonyl (C=O) groups is 2. The lowest BCUT2D eigenvalue weighted by Gasteiger charge is -2.29. The number of aromatic hydroxyl groups is 1. The van der Waals surface area contributed by atoms with Crippen LogP contribution in [0.3, 0.4) is 0 Å². The summed E-state index contributed by atoms with van der Waals surface area (Å²) in [6, 6.07) is 13.8. The number of benzene rings is 3. The highest BCUT2D eigenvalue weighted by Crippen LogP contribution is 2.45. The molecule has 0 aliphatic heterocycles. The first-order valence-corrected chi connectivity index (χ1v) is 19.1. The van der Waals surface area contributed by atoms with Crippen molar-refractivity contribution in [2.75, 3.05) is 12.3 Å². The Hall–Kier alpha value is -3.87. The number of phenolic OH excluding ortho intramolecular Hbond substituents is 1. The van der Waals surface area contributed by atoms with E-state index < -0.39 is 62.5 Å². The summed E-state index contributed by atoms with van der Waals surface area (Å²) in [5.74, 6) is -4.22. The van der Waals surface area contributed by atoms with Gasteiger partial charge in [-0.25, -0.2) is 17.2 Å². The van der Waals surface area contributed by atoms with Crippen molar-refractivity contribution in [1.29, 1.82) is 0 Å². The summed E-state index contributed by atoms with van der Waals surface area (Å²) in [6.45, 7) is 5.81. The first kappa shape index (κ1) is 38.9. The van der Waals surface area contributed by atoms with Gasteiger partial charge < -0.3 is 26.2 Å². The van der Waals surface area contributed by atoms with Crippen LogP contribution in [0.5, 0.6) is 5.75 Å². The maximum atomic E-state index is 14.2. The third-order valence-corrected chi connectivity index (χ3v) is 11.6. The van der Waals surface area contributed by atoms with Gasteiger partial charge in [-0.1, -0.05) is 63.9 Å². The van der Waals surface area contributed by atoms with Gasteiger partial charge in [-0.15, -0.1) is 0 Å². The Labute approximate surface area is 293 Å². The molecule has 3 aromatic carbocycles. The van der Waals surface area contributed by atoms with Gasteiger partial charge >= 0.3 is 0 Å². The summed E-state index contributed by atoms with van der Waals surface area (Å²) in [7, 11) is -3.91. The van der Waals surface area contributed by atoms with E-state index in [2.05, 4.69) is 28.9 Å². The van der Waals surface area contributed by atoms with Crippen LogP contribution in [-0.2, 0) is 33.0 Å². The van der Waals surface area contributed by atoms with Gasteiger partial charge in [0.05, 0.1) is 23.1 Å². The number of sulfone groups is 1. The molecule has 9 nitrogen and oxygen atoms in total. The summed E-state index contributed by atoms with van der Waals surface area (Å²) in [6.07, 6.45) is 3.03. The Bertz CT molecular complexity index is 1710. The van der Waals surface area contributed by atoms with Crippen LogP contribution in [0.15, 0.2) is 66.7 Å². The highest BCUT2D eigenvalue weighted by molar-refractivity contribution is 7.92. The molecule has 0 radical (unpaired) electrons. The highest BCUT2D eigenvalue weighted by atomic mass is 32.2. The summed E-state index contributed by atoms with van der Waals surface area (Å²) in [5, 5.41) is 29.4. The fraction of sp³-hybridized carbons (Fsp3) is 0.474. The van der Waals surface area contributed by atoms with E-state index in [9.17, 15) is 37.0 Å². The summed E-state index contributed by atoms with van der Waals surface area (Å²) in [5.41, 5.74) is 2.05. The lowest BCUT2D eigenvalue weighted by Crippen LogP contribution is -2.57. The maximum absolute atomic E-state index is 14.2. The lowest BCUT2D eigenvalue weighted by molar-refractivity contribution is -0.124. The van der Waals surface area contributed by atoms with Crippen LogP contribution in [0, 0.1) is 11.6 Å². The molecular weight excluding hydrogens is 664 g/mol. The van der Waals surface area contributed by atoms with Crippen molar-refractivity contribution >= 4 is 21.7 Å². The Kier molecular flexibility index (Phi) is 13.5. The zero-order valence-corrected chi connectivity index (χ0v) is 29.7. The molecule has 0 bridgehead atoms. The fourth-order valence-electron chi connectivity index (χ4n) is 6.36. The Morgan fingerprint density at radius 2 is 1.54 bits per heavy atom. The number of hydrogen-bond acceptors (Lipinski definition) is 7. The van der Waals surface area contributed by atoms with Crippen LogP contribution in [0.2, 0.25) is 0 Å². The molecule has 1 saturated carbocycles. The van der Waals surface area contributed by atoms with E-state index in [0.717, 1.165) is 43.0 Å². The van der Waals surface area contributed by atoms with Crippen molar-refractivity contribution in [3.63, 3.8) is 0 Å². The zero-order valence-electron chi connectivity index (χ0n) is 28.9. The minimum absolute atomic E-state index is 0.00673. The second kappa shape index (κ2) is 17.4. The predicted octanol–water partition coefficient (Wildman–Crippen LogP) is 5.08. The van der Waals surface area contributed by atoms with Gasteiger partial charge in [-0.2, -0.15) is 0 Å². The second-order valence-corrected chi connectivity index (χ2v) is 15.6. The molecular formula is C38H49F2N3O6S. The average molecular weight is 714 g/mol. The summed E-state index contributed by atoms with van der Waals surface area (Å²) >= 11 is 0. The minimum Gasteiger partial charge on any atom is -0.508 e. The Morgan fingerprint density at radius 1 is 0.880 bits per heavy atom. The molecule has 4 rings (SSSR count). The highest BCUT2D eigenvalue weighted by Gasteiger charge is 2.44. The average Bonchev–Trinajstić information content (AvgIpc) is 3.87. The molecule has 0 spiro atoms. The van der Waals surface area contributed by atoms with E-state index in [1.54, 1.807) is 0 Å². The number of carbonyl (C=O) groups excluding carboxylic acids is 2. The first-order valence-electron chi connectivity index (χ1n) is 17.4. The van der Waals surface area contributed by atoms with Gasteiger partial charge in [0.25, 0.3) is 5.91 Å². The lowest BCUT2D eigenvalue weighted by atomic mass is 9.98. The van der Waals surface area contributed by atoms with Crippen LogP contribution >= 0.6 is 0 Å². The van der Waals surface area contributed by atoms with E-state index in [1.165, 1.54) is 29.8 Å². The van der Waals surface area contributed by atoms with E-state index in [4.69, 9.17) is 0 Å². The molecule has 3 aromatic rings. The number of nitrogens with one attached hydrogen (secondary N) is 3. The number of amides is 2. The molecule has 50 heavy (non-hydrogen) atoms. The number of rotatable bonds is 19. The van der Waals surface area contributed by atoms with Crippen LogP contribution in [0.1, 0.15) is 86.3 Å².